The van der Waals surface area contributed by atoms with Crippen LogP contribution in [0.4, 0.5) is 0 Å². The van der Waals surface area contributed by atoms with Crippen molar-refractivity contribution in [2.75, 3.05) is 5.33 Å². The van der Waals surface area contributed by atoms with Crippen molar-refractivity contribution < 1.29 is 0 Å². The highest BCUT2D eigenvalue weighted by atomic mass is 79.9. The van der Waals surface area contributed by atoms with Gasteiger partial charge in [-0.05, 0) is 29.9 Å². The summed E-state index contributed by atoms with van der Waals surface area (Å²) in [5.41, 5.74) is 2.93. The van der Waals surface area contributed by atoms with Gasteiger partial charge in [-0.2, -0.15) is 0 Å². The minimum Gasteiger partial charge on any atom is -0.0921 e. The van der Waals surface area contributed by atoms with Gasteiger partial charge in [0.1, 0.15) is 0 Å². The Morgan fingerprint density at radius 3 is 2.47 bits per heavy atom. The van der Waals surface area contributed by atoms with Crippen molar-refractivity contribution in [3.63, 3.8) is 0 Å². The van der Waals surface area contributed by atoms with E-state index in [-0.39, 0.29) is 0 Å². The Labute approximate surface area is 102 Å². The van der Waals surface area contributed by atoms with E-state index < -0.39 is 0 Å². The molecule has 0 aliphatic rings. The summed E-state index contributed by atoms with van der Waals surface area (Å²) in [6, 6.07) is 8.75. The van der Waals surface area contributed by atoms with Crippen LogP contribution in [0, 0.1) is 12.8 Å². The number of benzene rings is 1. The van der Waals surface area contributed by atoms with Crippen LogP contribution < -0.4 is 0 Å². The van der Waals surface area contributed by atoms with Gasteiger partial charge >= 0.3 is 0 Å². The van der Waals surface area contributed by atoms with Gasteiger partial charge in [0.25, 0.3) is 0 Å². The van der Waals surface area contributed by atoms with E-state index in [0.29, 0.717) is 5.92 Å². The molecule has 15 heavy (non-hydrogen) atoms. The molecular weight excluding hydrogens is 248 g/mol. The number of alkyl halides is 1. The highest BCUT2D eigenvalue weighted by Crippen LogP contribution is 2.31. The molecular formula is C14H21Br. The van der Waals surface area contributed by atoms with E-state index in [1.165, 1.54) is 24.0 Å². The Morgan fingerprint density at radius 1 is 1.27 bits per heavy atom. The van der Waals surface area contributed by atoms with Gasteiger partial charge in [0, 0.05) is 5.33 Å². The van der Waals surface area contributed by atoms with Crippen LogP contribution in [0.2, 0.25) is 0 Å². The van der Waals surface area contributed by atoms with Crippen LogP contribution in [0.25, 0.3) is 0 Å². The molecule has 0 heterocycles. The largest absolute Gasteiger partial charge is 0.0921 e. The highest BCUT2D eigenvalue weighted by Gasteiger charge is 2.18. The summed E-state index contributed by atoms with van der Waals surface area (Å²) in [4.78, 5) is 0. The lowest BCUT2D eigenvalue weighted by Gasteiger charge is -2.23. The molecule has 1 rings (SSSR count). The molecule has 1 aromatic carbocycles. The fraction of sp³-hybridized carbons (Fsp3) is 0.571. The fourth-order valence-corrected chi connectivity index (χ4v) is 3.19. The third kappa shape index (κ3) is 3.34. The fourth-order valence-electron chi connectivity index (χ4n) is 2.20. The van der Waals surface area contributed by atoms with Crippen LogP contribution in [0.5, 0.6) is 0 Å². The van der Waals surface area contributed by atoms with Crippen LogP contribution in [-0.4, -0.2) is 5.33 Å². The van der Waals surface area contributed by atoms with E-state index in [2.05, 4.69) is 61.0 Å². The molecule has 0 bridgehead atoms. The molecule has 0 nitrogen and oxygen atoms in total. The monoisotopic (exact) mass is 268 g/mol. The summed E-state index contributed by atoms with van der Waals surface area (Å²) >= 11 is 3.66. The van der Waals surface area contributed by atoms with Crippen molar-refractivity contribution in [2.45, 2.75) is 39.5 Å². The van der Waals surface area contributed by atoms with Crippen molar-refractivity contribution in [3.05, 3.63) is 35.4 Å². The third-order valence-electron chi connectivity index (χ3n) is 3.19. The lowest BCUT2D eigenvalue weighted by atomic mass is 9.84. The smallest absolute Gasteiger partial charge is 0.0103 e. The van der Waals surface area contributed by atoms with Gasteiger partial charge in [-0.25, -0.2) is 0 Å². The van der Waals surface area contributed by atoms with Gasteiger partial charge in [0.15, 0.2) is 0 Å². The molecule has 0 N–H and O–H groups in total. The van der Waals surface area contributed by atoms with E-state index in [1.54, 1.807) is 0 Å². The molecule has 0 spiro atoms. The Morgan fingerprint density at radius 2 is 1.93 bits per heavy atom. The molecule has 2 unspecified atom stereocenters. The first-order valence-corrected chi connectivity index (χ1v) is 6.94. The molecule has 0 saturated carbocycles. The molecule has 0 saturated heterocycles. The first kappa shape index (κ1) is 12.8. The maximum absolute atomic E-state index is 3.66. The number of hydrogen-bond acceptors (Lipinski definition) is 0. The van der Waals surface area contributed by atoms with E-state index in [1.807, 2.05) is 0 Å². The molecule has 0 aliphatic carbocycles. The lowest BCUT2D eigenvalue weighted by molar-refractivity contribution is 0.453. The van der Waals surface area contributed by atoms with Crippen LogP contribution in [0.1, 0.15) is 43.7 Å². The molecule has 84 valence electrons. The number of hydrogen-bond donors (Lipinski definition) is 0. The summed E-state index contributed by atoms with van der Waals surface area (Å²) in [6.07, 6.45) is 2.58. The Kier molecular flexibility index (Phi) is 5.38. The van der Waals surface area contributed by atoms with E-state index in [4.69, 9.17) is 0 Å². The summed E-state index contributed by atoms with van der Waals surface area (Å²) in [7, 11) is 0. The third-order valence-corrected chi connectivity index (χ3v) is 3.88. The topological polar surface area (TPSA) is 0 Å². The zero-order valence-corrected chi connectivity index (χ0v) is 11.5. The minimum atomic E-state index is 0.658. The molecule has 2 atom stereocenters. The van der Waals surface area contributed by atoms with E-state index in [0.717, 1.165) is 11.2 Å². The molecule has 0 amide bonds. The van der Waals surface area contributed by atoms with Crippen LogP contribution >= 0.6 is 15.9 Å². The SMILES string of the molecule is CCCC(C)C(CBr)c1ccccc1C. The predicted molar refractivity (Wildman–Crippen MR) is 71.8 cm³/mol. The molecule has 0 aromatic heterocycles. The summed E-state index contributed by atoms with van der Waals surface area (Å²) in [6.45, 7) is 6.84. The van der Waals surface area contributed by atoms with Gasteiger partial charge in [-0.1, -0.05) is 66.9 Å². The van der Waals surface area contributed by atoms with E-state index >= 15 is 0 Å². The quantitative estimate of drug-likeness (QED) is 0.666. The Balaban J connectivity index is 2.87. The van der Waals surface area contributed by atoms with Crippen LogP contribution in [0.15, 0.2) is 24.3 Å². The second kappa shape index (κ2) is 6.32. The summed E-state index contributed by atoms with van der Waals surface area (Å²) in [5.74, 6) is 1.42. The number of aryl methyl sites for hydroxylation is 1. The van der Waals surface area contributed by atoms with E-state index in [9.17, 15) is 0 Å². The number of halogens is 1. The Hall–Kier alpha value is -0.300. The van der Waals surface area contributed by atoms with Crippen LogP contribution in [0.3, 0.4) is 0 Å². The van der Waals surface area contributed by atoms with Gasteiger partial charge in [-0.15, -0.1) is 0 Å². The maximum atomic E-state index is 3.66. The standard InChI is InChI=1S/C14H21Br/c1-4-7-11(2)14(10-15)13-9-6-5-8-12(13)3/h5-6,8-9,11,14H,4,7,10H2,1-3H3. The first-order chi connectivity index (χ1) is 7.20. The van der Waals surface area contributed by atoms with Gasteiger partial charge in [0.2, 0.25) is 0 Å². The second-order valence-electron chi connectivity index (χ2n) is 4.38. The molecule has 0 radical (unpaired) electrons. The first-order valence-electron chi connectivity index (χ1n) is 5.82. The predicted octanol–water partition coefficient (Wildman–Crippen LogP) is 4.91. The summed E-state index contributed by atoms with van der Waals surface area (Å²) in [5, 5.41) is 1.07. The van der Waals surface area contributed by atoms with Crippen molar-refractivity contribution in [2.24, 2.45) is 5.92 Å². The molecule has 1 heteroatoms. The molecule has 0 fully saturated rings. The maximum Gasteiger partial charge on any atom is 0.0103 e. The molecule has 0 aliphatic heterocycles. The van der Waals surface area contributed by atoms with Crippen LogP contribution in [-0.2, 0) is 0 Å². The normalized spacial score (nSPS) is 14.9. The lowest BCUT2D eigenvalue weighted by Crippen LogP contribution is -2.12. The zero-order valence-electron chi connectivity index (χ0n) is 9.96. The van der Waals surface area contributed by atoms with Crippen molar-refractivity contribution in [1.82, 2.24) is 0 Å². The minimum absolute atomic E-state index is 0.658. The average molecular weight is 269 g/mol. The van der Waals surface area contributed by atoms with Crippen molar-refractivity contribution in [1.29, 1.82) is 0 Å². The molecule has 1 aromatic rings. The zero-order chi connectivity index (χ0) is 11.3. The van der Waals surface area contributed by atoms with Crippen molar-refractivity contribution in [3.8, 4) is 0 Å². The average Bonchev–Trinajstić information content (AvgIpc) is 2.22. The second-order valence-corrected chi connectivity index (χ2v) is 5.03. The van der Waals surface area contributed by atoms with Gasteiger partial charge in [-0.3, -0.25) is 0 Å². The highest BCUT2D eigenvalue weighted by molar-refractivity contribution is 9.09. The Bertz CT molecular complexity index is 293. The van der Waals surface area contributed by atoms with Crippen molar-refractivity contribution >= 4 is 15.9 Å². The van der Waals surface area contributed by atoms with Gasteiger partial charge < -0.3 is 0 Å². The number of rotatable bonds is 5. The van der Waals surface area contributed by atoms with Gasteiger partial charge in [0.05, 0.1) is 0 Å². The summed E-state index contributed by atoms with van der Waals surface area (Å²) < 4.78 is 0.